The molecule has 1 aliphatic carbocycles. The third-order valence-corrected chi connectivity index (χ3v) is 5.04. The van der Waals surface area contributed by atoms with E-state index in [2.05, 4.69) is 11.8 Å². The zero-order valence-electron chi connectivity index (χ0n) is 14.4. The summed E-state index contributed by atoms with van der Waals surface area (Å²) in [6.45, 7) is 5.64. The zero-order chi connectivity index (χ0) is 17.0. The number of rotatable bonds is 6. The van der Waals surface area contributed by atoms with Gasteiger partial charge in [0.25, 0.3) is 0 Å². The fourth-order valence-electron chi connectivity index (χ4n) is 3.72. The van der Waals surface area contributed by atoms with Crippen LogP contribution in [0.3, 0.4) is 0 Å². The Morgan fingerprint density at radius 1 is 1.46 bits per heavy atom. The van der Waals surface area contributed by atoms with Crippen LogP contribution in [0.1, 0.15) is 43.7 Å². The Bertz CT molecular complexity index is 589. The van der Waals surface area contributed by atoms with E-state index < -0.39 is 0 Å². The summed E-state index contributed by atoms with van der Waals surface area (Å²) in [7, 11) is 0. The first kappa shape index (κ1) is 17.2. The molecule has 132 valence electrons. The van der Waals surface area contributed by atoms with Crippen molar-refractivity contribution in [3.8, 4) is 5.75 Å². The van der Waals surface area contributed by atoms with Crippen LogP contribution in [0.25, 0.3) is 0 Å². The van der Waals surface area contributed by atoms with Gasteiger partial charge < -0.3 is 14.6 Å². The van der Waals surface area contributed by atoms with Crippen LogP contribution >= 0.6 is 0 Å². The Labute approximate surface area is 143 Å². The number of phenols is 1. The Morgan fingerprint density at radius 2 is 2.33 bits per heavy atom. The molecule has 1 atom stereocenters. The Hall–Kier alpha value is -1.59. The number of unbranched alkanes of at least 4 members (excludes halogenated alkanes) is 1. The topological polar surface area (TPSA) is 59.0 Å². The van der Waals surface area contributed by atoms with Crippen molar-refractivity contribution in [3.63, 3.8) is 0 Å². The smallest absolute Gasteiger partial charge is 0.307 e. The average Bonchev–Trinajstić information content (AvgIpc) is 2.91. The van der Waals surface area contributed by atoms with Gasteiger partial charge in [0.15, 0.2) is 0 Å². The van der Waals surface area contributed by atoms with Gasteiger partial charge in [-0.25, -0.2) is 0 Å². The minimum Gasteiger partial charge on any atom is -0.508 e. The summed E-state index contributed by atoms with van der Waals surface area (Å²) < 4.78 is 11.4. The summed E-state index contributed by atoms with van der Waals surface area (Å²) in [4.78, 5) is 14.1. The number of benzene rings is 1. The van der Waals surface area contributed by atoms with Crippen molar-refractivity contribution in [2.45, 2.75) is 44.6 Å². The van der Waals surface area contributed by atoms with E-state index in [9.17, 15) is 9.90 Å². The quantitative estimate of drug-likeness (QED) is 0.640. The van der Waals surface area contributed by atoms with Crippen molar-refractivity contribution >= 4 is 5.97 Å². The number of aryl methyl sites for hydroxylation is 1. The fourth-order valence-corrected chi connectivity index (χ4v) is 3.72. The number of nitrogens with zero attached hydrogens (tertiary/aromatic N) is 1. The van der Waals surface area contributed by atoms with E-state index in [-0.39, 0.29) is 11.6 Å². The van der Waals surface area contributed by atoms with E-state index in [0.717, 1.165) is 38.8 Å². The molecule has 1 aliphatic heterocycles. The number of fused-ring (bicyclic) bond motifs is 2. The molecule has 1 saturated heterocycles. The highest BCUT2D eigenvalue weighted by Gasteiger charge is 2.43. The monoisotopic (exact) mass is 333 g/mol. The second-order valence-electron chi connectivity index (χ2n) is 6.78. The standard InChI is InChI=1S/C19H27NO4/c1-2-3-11-23-18(22)7-9-20-10-12-24-19(14-20)8-6-15-13-16(21)4-5-17(15)19/h4-5,13,21H,2-3,6-12,14H2,1H3. The van der Waals surface area contributed by atoms with Crippen molar-refractivity contribution in [1.29, 1.82) is 0 Å². The molecule has 1 heterocycles. The highest BCUT2D eigenvalue weighted by atomic mass is 16.5. The number of phenolic OH excluding ortho intramolecular Hbond substituents is 1. The van der Waals surface area contributed by atoms with E-state index in [1.54, 1.807) is 6.07 Å². The lowest BCUT2D eigenvalue weighted by Crippen LogP contribution is -2.49. The lowest BCUT2D eigenvalue weighted by Gasteiger charge is -2.41. The van der Waals surface area contributed by atoms with E-state index in [4.69, 9.17) is 9.47 Å². The molecule has 1 aromatic rings. The van der Waals surface area contributed by atoms with Gasteiger partial charge in [0, 0.05) is 19.6 Å². The maximum atomic E-state index is 11.8. The van der Waals surface area contributed by atoms with Gasteiger partial charge in [0.1, 0.15) is 11.4 Å². The average molecular weight is 333 g/mol. The molecule has 1 N–H and O–H groups in total. The molecular formula is C19H27NO4. The van der Waals surface area contributed by atoms with Crippen LogP contribution in [0.5, 0.6) is 5.75 Å². The molecule has 0 radical (unpaired) electrons. The Balaban J connectivity index is 1.57. The minimum absolute atomic E-state index is 0.110. The first-order valence-corrected chi connectivity index (χ1v) is 8.97. The number of ether oxygens (including phenoxy) is 2. The molecule has 5 nitrogen and oxygen atoms in total. The summed E-state index contributed by atoms with van der Waals surface area (Å²) in [6.07, 6.45) is 4.26. The van der Waals surface area contributed by atoms with E-state index >= 15 is 0 Å². The highest BCUT2D eigenvalue weighted by molar-refractivity contribution is 5.69. The molecule has 1 unspecified atom stereocenters. The molecule has 2 aliphatic rings. The molecule has 0 bridgehead atoms. The maximum Gasteiger partial charge on any atom is 0.307 e. The van der Waals surface area contributed by atoms with Crippen LogP contribution in [0.4, 0.5) is 0 Å². The fraction of sp³-hybridized carbons (Fsp3) is 0.632. The van der Waals surface area contributed by atoms with Gasteiger partial charge in [0.2, 0.25) is 0 Å². The summed E-state index contributed by atoms with van der Waals surface area (Å²) in [5, 5.41) is 9.67. The van der Waals surface area contributed by atoms with Crippen LogP contribution < -0.4 is 0 Å². The number of carbonyl (C=O) groups excluding carboxylic acids is 1. The van der Waals surface area contributed by atoms with Crippen molar-refractivity contribution in [3.05, 3.63) is 29.3 Å². The summed E-state index contributed by atoms with van der Waals surface area (Å²) in [5.41, 5.74) is 2.08. The molecule has 0 aromatic heterocycles. The predicted molar refractivity (Wildman–Crippen MR) is 91.0 cm³/mol. The second-order valence-corrected chi connectivity index (χ2v) is 6.78. The van der Waals surface area contributed by atoms with E-state index in [1.807, 2.05) is 12.1 Å². The predicted octanol–water partition coefficient (Wildman–Crippen LogP) is 2.60. The molecule has 0 amide bonds. The zero-order valence-corrected chi connectivity index (χ0v) is 14.4. The molecule has 3 rings (SSSR count). The van der Waals surface area contributed by atoms with Crippen molar-refractivity contribution in [2.75, 3.05) is 32.8 Å². The molecule has 1 fully saturated rings. The molecule has 5 heteroatoms. The lowest BCUT2D eigenvalue weighted by atomic mass is 9.93. The third-order valence-electron chi connectivity index (χ3n) is 5.04. The molecule has 24 heavy (non-hydrogen) atoms. The third kappa shape index (κ3) is 3.73. The largest absolute Gasteiger partial charge is 0.508 e. The van der Waals surface area contributed by atoms with E-state index in [0.29, 0.717) is 31.9 Å². The first-order valence-electron chi connectivity index (χ1n) is 8.97. The molecule has 0 saturated carbocycles. The number of morpholine rings is 1. The van der Waals surface area contributed by atoms with Crippen LogP contribution in [0.15, 0.2) is 18.2 Å². The molecule has 1 aromatic carbocycles. The summed E-state index contributed by atoms with van der Waals surface area (Å²) in [6, 6.07) is 5.57. The van der Waals surface area contributed by atoms with Crippen LogP contribution in [-0.2, 0) is 26.3 Å². The number of carbonyl (C=O) groups is 1. The molecule has 1 spiro atoms. The van der Waals surface area contributed by atoms with Crippen LogP contribution in [0, 0.1) is 0 Å². The van der Waals surface area contributed by atoms with E-state index in [1.165, 1.54) is 11.1 Å². The van der Waals surface area contributed by atoms with Gasteiger partial charge in [-0.2, -0.15) is 0 Å². The SMILES string of the molecule is CCCCOC(=O)CCN1CCOC2(CCc3cc(O)ccc32)C1. The van der Waals surface area contributed by atoms with Crippen LogP contribution in [-0.4, -0.2) is 48.8 Å². The number of hydrogen-bond acceptors (Lipinski definition) is 5. The van der Waals surface area contributed by atoms with Gasteiger partial charge in [-0.15, -0.1) is 0 Å². The minimum atomic E-state index is -0.284. The molecular weight excluding hydrogens is 306 g/mol. The maximum absolute atomic E-state index is 11.8. The van der Waals surface area contributed by atoms with Crippen molar-refractivity contribution in [1.82, 2.24) is 4.90 Å². The lowest BCUT2D eigenvalue weighted by molar-refractivity contribution is -0.146. The summed E-state index contributed by atoms with van der Waals surface area (Å²) in [5.74, 6) is 0.203. The Morgan fingerprint density at radius 3 is 3.17 bits per heavy atom. The second kappa shape index (κ2) is 7.53. The highest BCUT2D eigenvalue weighted by Crippen LogP contribution is 2.43. The van der Waals surface area contributed by atoms with Gasteiger partial charge in [-0.1, -0.05) is 19.4 Å². The van der Waals surface area contributed by atoms with Gasteiger partial charge in [0.05, 0.1) is 19.6 Å². The van der Waals surface area contributed by atoms with Gasteiger partial charge in [-0.3, -0.25) is 9.69 Å². The summed E-state index contributed by atoms with van der Waals surface area (Å²) >= 11 is 0. The number of hydrogen-bond donors (Lipinski definition) is 1. The van der Waals surface area contributed by atoms with Crippen molar-refractivity contribution in [2.24, 2.45) is 0 Å². The number of esters is 1. The Kier molecular flexibility index (Phi) is 5.41. The first-order chi connectivity index (χ1) is 11.6. The van der Waals surface area contributed by atoms with Crippen LogP contribution in [0.2, 0.25) is 0 Å². The van der Waals surface area contributed by atoms with Gasteiger partial charge in [-0.05, 0) is 42.5 Å². The number of aromatic hydroxyl groups is 1. The van der Waals surface area contributed by atoms with Gasteiger partial charge >= 0.3 is 5.97 Å². The normalized spacial score (nSPS) is 23.4. The van der Waals surface area contributed by atoms with Crippen molar-refractivity contribution < 1.29 is 19.4 Å².